The van der Waals surface area contributed by atoms with Gasteiger partial charge in [0.1, 0.15) is 11.5 Å². The van der Waals surface area contributed by atoms with Gasteiger partial charge in [0, 0.05) is 6.54 Å². The molecule has 0 bridgehead atoms. The maximum atomic E-state index is 12.2. The van der Waals surface area contributed by atoms with Crippen molar-refractivity contribution in [1.29, 1.82) is 0 Å². The molecule has 0 fully saturated rings. The van der Waals surface area contributed by atoms with E-state index in [2.05, 4.69) is 5.32 Å². The molecule has 2 rings (SSSR count). The average Bonchev–Trinajstić information content (AvgIpc) is 2.56. The van der Waals surface area contributed by atoms with Crippen LogP contribution in [0, 0.1) is 13.8 Å². The number of rotatable bonds is 7. The first-order chi connectivity index (χ1) is 11.8. The van der Waals surface area contributed by atoms with E-state index in [0.29, 0.717) is 12.3 Å². The molecule has 0 aliphatic rings. The molecule has 2 aromatic carbocycles. The summed E-state index contributed by atoms with van der Waals surface area (Å²) in [5, 5.41) is 2.90. The van der Waals surface area contributed by atoms with E-state index in [9.17, 15) is 4.79 Å². The molecule has 0 saturated carbocycles. The molecule has 0 aliphatic carbocycles. The van der Waals surface area contributed by atoms with Crippen molar-refractivity contribution in [3.8, 4) is 11.5 Å². The SMILES string of the molecule is Cc1ccc(OC(C)C(=O)NCc2ccc(OC(C)C)cc2)cc1C. The Morgan fingerprint density at radius 1 is 0.920 bits per heavy atom. The van der Waals surface area contributed by atoms with E-state index in [0.717, 1.165) is 16.9 Å². The third-order valence-electron chi connectivity index (χ3n) is 3.92. The van der Waals surface area contributed by atoms with Crippen molar-refractivity contribution in [2.75, 3.05) is 0 Å². The van der Waals surface area contributed by atoms with Gasteiger partial charge in [-0.3, -0.25) is 4.79 Å². The highest BCUT2D eigenvalue weighted by atomic mass is 16.5. The van der Waals surface area contributed by atoms with Crippen LogP contribution >= 0.6 is 0 Å². The zero-order valence-corrected chi connectivity index (χ0v) is 15.6. The number of amides is 1. The number of ether oxygens (including phenoxy) is 2. The molecule has 0 aromatic heterocycles. The summed E-state index contributed by atoms with van der Waals surface area (Å²) in [5.41, 5.74) is 3.37. The van der Waals surface area contributed by atoms with Crippen LogP contribution in [0.1, 0.15) is 37.5 Å². The molecule has 0 saturated heterocycles. The summed E-state index contributed by atoms with van der Waals surface area (Å²) in [4.78, 5) is 12.2. The number of hydrogen-bond donors (Lipinski definition) is 1. The summed E-state index contributed by atoms with van der Waals surface area (Å²) < 4.78 is 11.3. The standard InChI is InChI=1S/C21H27NO3/c1-14(2)24-19-10-7-18(8-11-19)13-22-21(23)17(5)25-20-9-6-15(3)16(4)12-20/h6-12,14,17H,13H2,1-5H3,(H,22,23). The third-order valence-corrected chi connectivity index (χ3v) is 3.92. The summed E-state index contributed by atoms with van der Waals surface area (Å²) >= 11 is 0. The van der Waals surface area contributed by atoms with E-state index in [-0.39, 0.29) is 12.0 Å². The quantitative estimate of drug-likeness (QED) is 0.822. The largest absolute Gasteiger partial charge is 0.491 e. The summed E-state index contributed by atoms with van der Waals surface area (Å²) in [6.45, 7) is 10.3. The van der Waals surface area contributed by atoms with Crippen LogP contribution in [-0.2, 0) is 11.3 Å². The Morgan fingerprint density at radius 3 is 2.16 bits per heavy atom. The summed E-state index contributed by atoms with van der Waals surface area (Å²) in [5.74, 6) is 1.40. The van der Waals surface area contributed by atoms with E-state index in [1.807, 2.05) is 70.2 Å². The molecular weight excluding hydrogens is 314 g/mol. The predicted octanol–water partition coefficient (Wildman–Crippen LogP) is 4.17. The maximum absolute atomic E-state index is 12.2. The highest BCUT2D eigenvalue weighted by Gasteiger charge is 2.14. The van der Waals surface area contributed by atoms with Gasteiger partial charge in [-0.05, 0) is 75.6 Å². The maximum Gasteiger partial charge on any atom is 0.261 e. The van der Waals surface area contributed by atoms with Gasteiger partial charge in [0.25, 0.3) is 5.91 Å². The monoisotopic (exact) mass is 341 g/mol. The second-order valence-electron chi connectivity index (χ2n) is 6.53. The molecule has 0 aliphatic heterocycles. The van der Waals surface area contributed by atoms with Crippen LogP contribution in [0.4, 0.5) is 0 Å². The first-order valence-corrected chi connectivity index (χ1v) is 8.62. The molecule has 1 amide bonds. The Balaban J connectivity index is 1.85. The van der Waals surface area contributed by atoms with Gasteiger partial charge in [0.05, 0.1) is 6.10 Å². The number of carbonyl (C=O) groups is 1. The lowest BCUT2D eigenvalue weighted by molar-refractivity contribution is -0.127. The number of nitrogens with one attached hydrogen (secondary N) is 1. The fourth-order valence-corrected chi connectivity index (χ4v) is 2.34. The number of hydrogen-bond acceptors (Lipinski definition) is 3. The van der Waals surface area contributed by atoms with Crippen LogP contribution in [0.25, 0.3) is 0 Å². The molecule has 2 aromatic rings. The lowest BCUT2D eigenvalue weighted by Crippen LogP contribution is -2.35. The molecule has 134 valence electrons. The number of carbonyl (C=O) groups excluding carboxylic acids is 1. The van der Waals surface area contributed by atoms with Crippen molar-refractivity contribution in [1.82, 2.24) is 5.32 Å². The molecule has 4 nitrogen and oxygen atoms in total. The third kappa shape index (κ3) is 5.82. The Labute approximate surface area is 150 Å². The topological polar surface area (TPSA) is 47.6 Å². The zero-order valence-electron chi connectivity index (χ0n) is 15.6. The minimum atomic E-state index is -0.550. The van der Waals surface area contributed by atoms with Gasteiger partial charge in [0.2, 0.25) is 0 Å². The van der Waals surface area contributed by atoms with Crippen LogP contribution in [0.2, 0.25) is 0 Å². The van der Waals surface area contributed by atoms with Crippen molar-refractivity contribution in [2.24, 2.45) is 0 Å². The van der Waals surface area contributed by atoms with Crippen molar-refractivity contribution in [2.45, 2.75) is 53.4 Å². The average molecular weight is 341 g/mol. The highest BCUT2D eigenvalue weighted by Crippen LogP contribution is 2.18. The minimum Gasteiger partial charge on any atom is -0.491 e. The second-order valence-corrected chi connectivity index (χ2v) is 6.53. The van der Waals surface area contributed by atoms with Gasteiger partial charge in [0.15, 0.2) is 6.10 Å². The lowest BCUT2D eigenvalue weighted by Gasteiger charge is -2.16. The lowest BCUT2D eigenvalue weighted by atomic mass is 10.1. The van der Waals surface area contributed by atoms with E-state index in [1.165, 1.54) is 5.56 Å². The van der Waals surface area contributed by atoms with Gasteiger partial charge in [-0.25, -0.2) is 0 Å². The molecular formula is C21H27NO3. The Morgan fingerprint density at radius 2 is 1.56 bits per heavy atom. The molecule has 0 radical (unpaired) electrons. The molecule has 25 heavy (non-hydrogen) atoms. The van der Waals surface area contributed by atoms with Crippen molar-refractivity contribution in [3.05, 3.63) is 59.2 Å². The van der Waals surface area contributed by atoms with Gasteiger partial charge in [-0.15, -0.1) is 0 Å². The Bertz CT molecular complexity index is 708. The number of benzene rings is 2. The van der Waals surface area contributed by atoms with Crippen LogP contribution in [0.5, 0.6) is 11.5 Å². The van der Waals surface area contributed by atoms with Crippen LogP contribution < -0.4 is 14.8 Å². The van der Waals surface area contributed by atoms with Gasteiger partial charge < -0.3 is 14.8 Å². The minimum absolute atomic E-state index is 0.138. The van der Waals surface area contributed by atoms with Gasteiger partial charge in [-0.1, -0.05) is 18.2 Å². The van der Waals surface area contributed by atoms with Gasteiger partial charge in [-0.2, -0.15) is 0 Å². The molecule has 1 unspecified atom stereocenters. The highest BCUT2D eigenvalue weighted by molar-refractivity contribution is 5.80. The number of aryl methyl sites for hydroxylation is 2. The van der Waals surface area contributed by atoms with Gasteiger partial charge >= 0.3 is 0 Å². The van der Waals surface area contributed by atoms with Crippen molar-refractivity contribution in [3.63, 3.8) is 0 Å². The Hall–Kier alpha value is -2.49. The summed E-state index contributed by atoms with van der Waals surface area (Å²) in [7, 11) is 0. The second kappa shape index (κ2) is 8.56. The summed E-state index contributed by atoms with van der Waals surface area (Å²) in [6, 6.07) is 13.6. The summed E-state index contributed by atoms with van der Waals surface area (Å²) in [6.07, 6.45) is -0.403. The normalized spacial score (nSPS) is 11.9. The Kier molecular flexibility index (Phi) is 6.45. The molecule has 0 spiro atoms. The smallest absolute Gasteiger partial charge is 0.261 e. The first-order valence-electron chi connectivity index (χ1n) is 8.62. The first kappa shape index (κ1) is 18.8. The molecule has 4 heteroatoms. The van der Waals surface area contributed by atoms with Crippen molar-refractivity contribution >= 4 is 5.91 Å². The predicted molar refractivity (Wildman–Crippen MR) is 100 cm³/mol. The van der Waals surface area contributed by atoms with E-state index in [1.54, 1.807) is 6.92 Å². The molecule has 1 N–H and O–H groups in total. The van der Waals surface area contributed by atoms with Crippen LogP contribution in [0.15, 0.2) is 42.5 Å². The fraction of sp³-hybridized carbons (Fsp3) is 0.381. The zero-order chi connectivity index (χ0) is 18.4. The van der Waals surface area contributed by atoms with Crippen LogP contribution in [0.3, 0.4) is 0 Å². The molecule has 1 atom stereocenters. The van der Waals surface area contributed by atoms with Crippen molar-refractivity contribution < 1.29 is 14.3 Å². The van der Waals surface area contributed by atoms with Crippen LogP contribution in [-0.4, -0.2) is 18.1 Å². The van der Waals surface area contributed by atoms with E-state index >= 15 is 0 Å². The molecule has 0 heterocycles. The van der Waals surface area contributed by atoms with E-state index < -0.39 is 6.10 Å². The fourth-order valence-electron chi connectivity index (χ4n) is 2.34. The van der Waals surface area contributed by atoms with E-state index in [4.69, 9.17) is 9.47 Å².